The molecule has 0 aliphatic carbocycles. The number of anilines is 1. The van der Waals surface area contributed by atoms with E-state index in [1.165, 1.54) is 17.7 Å². The highest BCUT2D eigenvalue weighted by atomic mass is 32.1. The molecule has 2 aromatic heterocycles. The SMILES string of the molecule is Cc1ccc(-c2nnco2)cc1NCc1ccc(C#N)s1. The number of thiophene rings is 1. The van der Waals surface area contributed by atoms with E-state index >= 15 is 0 Å². The van der Waals surface area contributed by atoms with E-state index in [0.717, 1.165) is 26.6 Å². The Bertz CT molecular complexity index is 786. The minimum atomic E-state index is 0.501. The maximum absolute atomic E-state index is 8.84. The quantitative estimate of drug-likeness (QED) is 0.796. The first-order valence-electron chi connectivity index (χ1n) is 6.36. The Labute approximate surface area is 125 Å². The second kappa shape index (κ2) is 5.77. The van der Waals surface area contributed by atoms with Crippen molar-refractivity contribution in [2.24, 2.45) is 0 Å². The van der Waals surface area contributed by atoms with Gasteiger partial charge in [-0.2, -0.15) is 5.26 Å². The van der Waals surface area contributed by atoms with Crippen molar-refractivity contribution < 1.29 is 4.42 Å². The fourth-order valence-corrected chi connectivity index (χ4v) is 2.70. The second-order valence-corrected chi connectivity index (χ2v) is 5.67. The molecule has 3 rings (SSSR count). The molecule has 0 bridgehead atoms. The van der Waals surface area contributed by atoms with E-state index in [0.29, 0.717) is 12.4 Å². The summed E-state index contributed by atoms with van der Waals surface area (Å²) in [5.41, 5.74) is 3.03. The van der Waals surface area contributed by atoms with Crippen LogP contribution in [0.3, 0.4) is 0 Å². The predicted octanol–water partition coefficient (Wildman–Crippen LogP) is 3.59. The van der Waals surface area contributed by atoms with Crippen LogP contribution >= 0.6 is 11.3 Å². The van der Waals surface area contributed by atoms with E-state index in [9.17, 15) is 0 Å². The molecule has 104 valence electrons. The van der Waals surface area contributed by atoms with Crippen LogP contribution in [0.15, 0.2) is 41.1 Å². The normalized spacial score (nSPS) is 10.3. The Morgan fingerprint density at radius 1 is 1.33 bits per heavy atom. The molecule has 0 fully saturated rings. The van der Waals surface area contributed by atoms with Crippen LogP contribution < -0.4 is 5.32 Å². The van der Waals surface area contributed by atoms with E-state index in [4.69, 9.17) is 9.68 Å². The van der Waals surface area contributed by atoms with Crippen molar-refractivity contribution >= 4 is 17.0 Å². The average molecular weight is 296 g/mol. The van der Waals surface area contributed by atoms with Crippen LogP contribution in [0.2, 0.25) is 0 Å². The van der Waals surface area contributed by atoms with Gasteiger partial charge >= 0.3 is 0 Å². The molecule has 1 N–H and O–H groups in total. The summed E-state index contributed by atoms with van der Waals surface area (Å²) < 4.78 is 5.21. The number of nitriles is 1. The van der Waals surface area contributed by atoms with Crippen LogP contribution in [0, 0.1) is 18.3 Å². The van der Waals surface area contributed by atoms with Crippen LogP contribution in [0.5, 0.6) is 0 Å². The molecule has 0 aliphatic heterocycles. The minimum Gasteiger partial charge on any atom is -0.423 e. The zero-order chi connectivity index (χ0) is 14.7. The lowest BCUT2D eigenvalue weighted by Gasteiger charge is -2.09. The van der Waals surface area contributed by atoms with Crippen molar-refractivity contribution in [2.75, 3.05) is 5.32 Å². The van der Waals surface area contributed by atoms with Crippen molar-refractivity contribution in [2.45, 2.75) is 13.5 Å². The van der Waals surface area contributed by atoms with Gasteiger partial charge in [0.1, 0.15) is 10.9 Å². The van der Waals surface area contributed by atoms with Gasteiger partial charge in [-0.05, 0) is 36.8 Å². The fraction of sp³-hybridized carbons (Fsp3) is 0.133. The molecule has 0 unspecified atom stereocenters. The number of aromatic nitrogens is 2. The van der Waals surface area contributed by atoms with E-state index in [-0.39, 0.29) is 0 Å². The van der Waals surface area contributed by atoms with E-state index in [1.54, 1.807) is 0 Å². The van der Waals surface area contributed by atoms with E-state index in [2.05, 4.69) is 21.6 Å². The summed E-state index contributed by atoms with van der Waals surface area (Å²) in [7, 11) is 0. The Morgan fingerprint density at radius 2 is 2.24 bits per heavy atom. The molecule has 0 atom stereocenters. The van der Waals surface area contributed by atoms with Gasteiger partial charge in [-0.3, -0.25) is 0 Å². The molecule has 0 saturated heterocycles. The first kappa shape index (κ1) is 13.3. The van der Waals surface area contributed by atoms with Crippen molar-refractivity contribution in [1.29, 1.82) is 5.26 Å². The molecule has 2 heterocycles. The van der Waals surface area contributed by atoms with Crippen LogP contribution in [0.25, 0.3) is 11.5 Å². The van der Waals surface area contributed by atoms with Crippen molar-refractivity contribution in [3.8, 4) is 17.5 Å². The van der Waals surface area contributed by atoms with Gasteiger partial charge in [-0.1, -0.05) is 6.07 Å². The summed E-state index contributed by atoms with van der Waals surface area (Å²) in [5.74, 6) is 0.501. The van der Waals surface area contributed by atoms with Gasteiger partial charge < -0.3 is 9.73 Å². The van der Waals surface area contributed by atoms with Crippen LogP contribution in [0.1, 0.15) is 15.3 Å². The van der Waals surface area contributed by atoms with E-state index in [1.807, 2.05) is 37.3 Å². The van der Waals surface area contributed by atoms with Gasteiger partial charge in [0.15, 0.2) is 0 Å². The van der Waals surface area contributed by atoms with Gasteiger partial charge in [0.25, 0.3) is 0 Å². The molecular formula is C15H12N4OS. The molecule has 5 nitrogen and oxygen atoms in total. The summed E-state index contributed by atoms with van der Waals surface area (Å²) in [4.78, 5) is 1.84. The molecule has 21 heavy (non-hydrogen) atoms. The molecular weight excluding hydrogens is 284 g/mol. The zero-order valence-corrected chi connectivity index (χ0v) is 12.1. The Balaban J connectivity index is 1.78. The van der Waals surface area contributed by atoms with Gasteiger partial charge in [0.05, 0.1) is 0 Å². The monoisotopic (exact) mass is 296 g/mol. The molecule has 0 aliphatic rings. The summed E-state index contributed by atoms with van der Waals surface area (Å²) in [5, 5.41) is 19.8. The summed E-state index contributed by atoms with van der Waals surface area (Å²) in [6.45, 7) is 2.72. The Kier molecular flexibility index (Phi) is 3.67. The average Bonchev–Trinajstić information content (AvgIpc) is 3.18. The van der Waals surface area contributed by atoms with Gasteiger partial charge in [0, 0.05) is 22.7 Å². The third-order valence-corrected chi connectivity index (χ3v) is 4.06. The van der Waals surface area contributed by atoms with Gasteiger partial charge in [-0.25, -0.2) is 0 Å². The summed E-state index contributed by atoms with van der Waals surface area (Å²) >= 11 is 1.50. The minimum absolute atomic E-state index is 0.501. The number of aryl methyl sites for hydroxylation is 1. The van der Waals surface area contributed by atoms with E-state index < -0.39 is 0 Å². The van der Waals surface area contributed by atoms with Gasteiger partial charge in [0.2, 0.25) is 12.3 Å². The Morgan fingerprint density at radius 3 is 2.95 bits per heavy atom. The molecule has 0 saturated carbocycles. The molecule has 0 radical (unpaired) electrons. The number of nitrogens with one attached hydrogen (secondary N) is 1. The molecule has 0 spiro atoms. The molecule has 3 aromatic rings. The standard InChI is InChI=1S/C15H12N4OS/c1-10-2-3-11(15-19-18-9-20-15)6-14(10)17-8-13-5-4-12(7-16)21-13/h2-6,9,17H,8H2,1H3. The van der Waals surface area contributed by atoms with Crippen molar-refractivity contribution in [1.82, 2.24) is 10.2 Å². The van der Waals surface area contributed by atoms with Crippen molar-refractivity contribution in [3.05, 3.63) is 52.0 Å². The Hall–Kier alpha value is -2.65. The van der Waals surface area contributed by atoms with Crippen LogP contribution in [-0.4, -0.2) is 10.2 Å². The smallest absolute Gasteiger partial charge is 0.247 e. The van der Waals surface area contributed by atoms with Crippen LogP contribution in [0.4, 0.5) is 5.69 Å². The number of hydrogen-bond acceptors (Lipinski definition) is 6. The second-order valence-electron chi connectivity index (χ2n) is 4.50. The van der Waals surface area contributed by atoms with Crippen molar-refractivity contribution in [3.63, 3.8) is 0 Å². The molecule has 6 heteroatoms. The lowest BCUT2D eigenvalue weighted by atomic mass is 10.1. The summed E-state index contributed by atoms with van der Waals surface area (Å²) in [6.07, 6.45) is 1.32. The fourth-order valence-electron chi connectivity index (χ4n) is 1.96. The highest BCUT2D eigenvalue weighted by Crippen LogP contribution is 2.25. The number of hydrogen-bond donors (Lipinski definition) is 1. The highest BCUT2D eigenvalue weighted by Gasteiger charge is 2.07. The third kappa shape index (κ3) is 2.93. The zero-order valence-electron chi connectivity index (χ0n) is 11.3. The maximum Gasteiger partial charge on any atom is 0.247 e. The topological polar surface area (TPSA) is 74.7 Å². The number of nitrogens with zero attached hydrogens (tertiary/aromatic N) is 3. The molecule has 1 aromatic carbocycles. The van der Waals surface area contributed by atoms with Gasteiger partial charge in [-0.15, -0.1) is 21.5 Å². The first-order chi connectivity index (χ1) is 10.3. The third-order valence-electron chi connectivity index (χ3n) is 3.07. The largest absolute Gasteiger partial charge is 0.423 e. The number of benzene rings is 1. The summed E-state index contributed by atoms with van der Waals surface area (Å²) in [6, 6.07) is 11.9. The first-order valence-corrected chi connectivity index (χ1v) is 7.18. The van der Waals surface area contributed by atoms with Crippen LogP contribution in [-0.2, 0) is 6.54 Å². The molecule has 0 amide bonds. The predicted molar refractivity (Wildman–Crippen MR) is 80.8 cm³/mol. The maximum atomic E-state index is 8.84. The highest BCUT2D eigenvalue weighted by molar-refractivity contribution is 7.12. The lowest BCUT2D eigenvalue weighted by molar-refractivity contribution is 0.568. The number of rotatable bonds is 4. The lowest BCUT2D eigenvalue weighted by Crippen LogP contribution is -1.99.